The first-order valence-corrected chi connectivity index (χ1v) is 6.82. The van der Waals surface area contributed by atoms with Gasteiger partial charge in [-0.15, -0.1) is 0 Å². The fourth-order valence-corrected chi connectivity index (χ4v) is 2.72. The van der Waals surface area contributed by atoms with E-state index in [-0.39, 0.29) is 17.5 Å². The Kier molecular flexibility index (Phi) is 4.35. The standard InChI is InChI=1S/C13H16BrFN2O/c1-17(9-4-3-7-16-8-9)13(18)12-10(14)5-2-6-11(12)15/h2,5-6,9,16H,3-4,7-8H2,1H3. The first kappa shape index (κ1) is 13.5. The maximum atomic E-state index is 13.7. The molecule has 3 nitrogen and oxygen atoms in total. The quantitative estimate of drug-likeness (QED) is 0.909. The number of halogens is 2. The first-order chi connectivity index (χ1) is 8.61. The third-order valence-electron chi connectivity index (χ3n) is 3.32. The van der Waals surface area contributed by atoms with Gasteiger partial charge in [-0.05, 0) is 47.4 Å². The Bertz CT molecular complexity index is 426. The summed E-state index contributed by atoms with van der Waals surface area (Å²) in [6, 6.07) is 4.71. The predicted octanol–water partition coefficient (Wildman–Crippen LogP) is 2.41. The van der Waals surface area contributed by atoms with E-state index in [1.807, 2.05) is 0 Å². The molecular formula is C13H16BrFN2O. The van der Waals surface area contributed by atoms with Crippen molar-refractivity contribution in [1.29, 1.82) is 0 Å². The molecule has 1 amide bonds. The van der Waals surface area contributed by atoms with Crippen LogP contribution in [-0.4, -0.2) is 37.0 Å². The molecule has 1 atom stereocenters. The zero-order valence-corrected chi connectivity index (χ0v) is 11.8. The van der Waals surface area contributed by atoms with E-state index in [2.05, 4.69) is 21.2 Å². The number of hydrogen-bond acceptors (Lipinski definition) is 2. The summed E-state index contributed by atoms with van der Waals surface area (Å²) in [7, 11) is 1.74. The van der Waals surface area contributed by atoms with Crippen LogP contribution in [0.5, 0.6) is 0 Å². The molecule has 1 aliphatic heterocycles. The number of carbonyl (C=O) groups is 1. The summed E-state index contributed by atoms with van der Waals surface area (Å²) in [6.07, 6.45) is 2.00. The van der Waals surface area contributed by atoms with Crippen molar-refractivity contribution in [2.45, 2.75) is 18.9 Å². The van der Waals surface area contributed by atoms with Crippen LogP contribution in [-0.2, 0) is 0 Å². The second-order valence-corrected chi connectivity index (χ2v) is 5.37. The van der Waals surface area contributed by atoms with Gasteiger partial charge in [0.05, 0.1) is 5.56 Å². The van der Waals surface area contributed by atoms with Gasteiger partial charge in [0.15, 0.2) is 0 Å². The molecule has 0 radical (unpaired) electrons. The van der Waals surface area contributed by atoms with Crippen molar-refractivity contribution >= 4 is 21.8 Å². The molecule has 1 N–H and O–H groups in total. The van der Waals surface area contributed by atoms with Gasteiger partial charge in [-0.25, -0.2) is 4.39 Å². The van der Waals surface area contributed by atoms with Gasteiger partial charge in [0, 0.05) is 24.1 Å². The van der Waals surface area contributed by atoms with E-state index in [4.69, 9.17) is 0 Å². The average molecular weight is 315 g/mol. The molecule has 0 aromatic heterocycles. The van der Waals surface area contributed by atoms with Crippen LogP contribution in [0.1, 0.15) is 23.2 Å². The Hall–Kier alpha value is -0.940. The van der Waals surface area contributed by atoms with Crippen LogP contribution in [0.4, 0.5) is 4.39 Å². The molecule has 1 saturated heterocycles. The smallest absolute Gasteiger partial charge is 0.258 e. The van der Waals surface area contributed by atoms with Crippen LogP contribution in [0, 0.1) is 5.82 Å². The zero-order valence-electron chi connectivity index (χ0n) is 10.2. The second kappa shape index (κ2) is 5.80. The maximum absolute atomic E-state index is 13.7. The molecule has 0 aliphatic carbocycles. The van der Waals surface area contributed by atoms with Crippen molar-refractivity contribution in [3.8, 4) is 0 Å². The van der Waals surface area contributed by atoms with Crippen molar-refractivity contribution in [3.05, 3.63) is 34.1 Å². The van der Waals surface area contributed by atoms with Crippen LogP contribution >= 0.6 is 15.9 Å². The van der Waals surface area contributed by atoms with Crippen LogP contribution < -0.4 is 5.32 Å². The highest BCUT2D eigenvalue weighted by atomic mass is 79.9. The van der Waals surface area contributed by atoms with Crippen molar-refractivity contribution in [1.82, 2.24) is 10.2 Å². The number of carbonyl (C=O) groups excluding carboxylic acids is 1. The molecule has 1 heterocycles. The molecular weight excluding hydrogens is 299 g/mol. The third-order valence-corrected chi connectivity index (χ3v) is 3.98. The van der Waals surface area contributed by atoms with E-state index < -0.39 is 5.82 Å². The minimum absolute atomic E-state index is 0.116. The highest BCUT2D eigenvalue weighted by Gasteiger charge is 2.26. The lowest BCUT2D eigenvalue weighted by molar-refractivity contribution is 0.0702. The fourth-order valence-electron chi connectivity index (χ4n) is 2.21. The molecule has 5 heteroatoms. The van der Waals surface area contributed by atoms with Gasteiger partial charge in [0.25, 0.3) is 5.91 Å². The van der Waals surface area contributed by atoms with E-state index in [9.17, 15) is 9.18 Å². The summed E-state index contributed by atoms with van der Waals surface area (Å²) in [4.78, 5) is 13.9. The summed E-state index contributed by atoms with van der Waals surface area (Å²) in [5, 5.41) is 3.25. The van der Waals surface area contributed by atoms with Gasteiger partial charge in [0.2, 0.25) is 0 Å². The van der Waals surface area contributed by atoms with Crippen LogP contribution in [0.2, 0.25) is 0 Å². The largest absolute Gasteiger partial charge is 0.337 e. The van der Waals surface area contributed by atoms with E-state index in [1.54, 1.807) is 24.1 Å². The minimum Gasteiger partial charge on any atom is -0.337 e. The SMILES string of the molecule is CN(C(=O)c1c(F)cccc1Br)C1CCCNC1. The molecule has 1 fully saturated rings. The summed E-state index contributed by atoms with van der Waals surface area (Å²) in [5.74, 6) is -0.751. The fraction of sp³-hybridized carbons (Fsp3) is 0.462. The van der Waals surface area contributed by atoms with Crippen molar-refractivity contribution in [2.24, 2.45) is 0 Å². The Balaban J connectivity index is 2.19. The van der Waals surface area contributed by atoms with Crippen LogP contribution in [0.15, 0.2) is 22.7 Å². The number of piperidine rings is 1. The molecule has 0 bridgehead atoms. The minimum atomic E-state index is -0.481. The van der Waals surface area contributed by atoms with Crippen molar-refractivity contribution in [2.75, 3.05) is 20.1 Å². The lowest BCUT2D eigenvalue weighted by Crippen LogP contribution is -2.46. The van der Waals surface area contributed by atoms with Crippen LogP contribution in [0.25, 0.3) is 0 Å². The van der Waals surface area contributed by atoms with Gasteiger partial charge >= 0.3 is 0 Å². The summed E-state index contributed by atoms with van der Waals surface area (Å²) in [5.41, 5.74) is 0.116. The highest BCUT2D eigenvalue weighted by Crippen LogP contribution is 2.22. The molecule has 2 rings (SSSR count). The molecule has 0 spiro atoms. The molecule has 1 aliphatic rings. The second-order valence-electron chi connectivity index (χ2n) is 4.51. The van der Waals surface area contributed by atoms with Gasteiger partial charge in [-0.2, -0.15) is 0 Å². The number of likely N-dealkylation sites (N-methyl/N-ethyl adjacent to an activating group) is 1. The zero-order chi connectivity index (χ0) is 13.1. The Labute approximate surface area is 114 Å². The number of nitrogens with one attached hydrogen (secondary N) is 1. The lowest BCUT2D eigenvalue weighted by atomic mass is 10.1. The monoisotopic (exact) mass is 314 g/mol. The molecule has 18 heavy (non-hydrogen) atoms. The first-order valence-electron chi connectivity index (χ1n) is 6.03. The molecule has 98 valence electrons. The Morgan fingerprint density at radius 2 is 2.33 bits per heavy atom. The predicted molar refractivity (Wildman–Crippen MR) is 72.1 cm³/mol. The maximum Gasteiger partial charge on any atom is 0.258 e. The van der Waals surface area contributed by atoms with E-state index in [1.165, 1.54) is 6.07 Å². The Morgan fingerprint density at radius 3 is 2.94 bits per heavy atom. The number of benzene rings is 1. The van der Waals surface area contributed by atoms with Gasteiger partial charge in [-0.3, -0.25) is 4.79 Å². The molecule has 1 unspecified atom stereocenters. The lowest BCUT2D eigenvalue weighted by Gasteiger charge is -2.32. The van der Waals surface area contributed by atoms with Gasteiger partial charge in [0.1, 0.15) is 5.82 Å². The van der Waals surface area contributed by atoms with Gasteiger partial charge < -0.3 is 10.2 Å². The number of nitrogens with zero attached hydrogens (tertiary/aromatic N) is 1. The van der Waals surface area contributed by atoms with Gasteiger partial charge in [-0.1, -0.05) is 6.07 Å². The normalized spacial score (nSPS) is 19.6. The topological polar surface area (TPSA) is 32.3 Å². The third kappa shape index (κ3) is 2.72. The number of amides is 1. The number of hydrogen-bond donors (Lipinski definition) is 1. The average Bonchev–Trinajstić information content (AvgIpc) is 2.38. The number of rotatable bonds is 2. The summed E-state index contributed by atoms with van der Waals surface area (Å²) in [6.45, 7) is 1.76. The Morgan fingerprint density at radius 1 is 1.56 bits per heavy atom. The van der Waals surface area contributed by atoms with Crippen LogP contribution in [0.3, 0.4) is 0 Å². The van der Waals surface area contributed by atoms with Crippen molar-refractivity contribution < 1.29 is 9.18 Å². The van der Waals surface area contributed by atoms with E-state index in [0.29, 0.717) is 4.47 Å². The highest BCUT2D eigenvalue weighted by molar-refractivity contribution is 9.10. The molecule has 1 aromatic rings. The molecule has 0 saturated carbocycles. The van der Waals surface area contributed by atoms with E-state index in [0.717, 1.165) is 25.9 Å². The van der Waals surface area contributed by atoms with E-state index >= 15 is 0 Å². The van der Waals surface area contributed by atoms with Crippen molar-refractivity contribution in [3.63, 3.8) is 0 Å². The molecule has 1 aromatic carbocycles. The summed E-state index contributed by atoms with van der Waals surface area (Å²) < 4.78 is 14.2. The summed E-state index contributed by atoms with van der Waals surface area (Å²) >= 11 is 3.24.